The Hall–Kier alpha value is -3.16. The van der Waals surface area contributed by atoms with Crippen molar-refractivity contribution in [3.63, 3.8) is 0 Å². The molecule has 3 heterocycles. The average Bonchev–Trinajstić information content (AvgIpc) is 3.09. The molecule has 23 heavy (non-hydrogen) atoms. The lowest BCUT2D eigenvalue weighted by Gasteiger charge is -2.12. The first-order valence-corrected chi connectivity index (χ1v) is 7.31. The molecule has 0 aromatic carbocycles. The van der Waals surface area contributed by atoms with Gasteiger partial charge in [0.1, 0.15) is 17.8 Å². The van der Waals surface area contributed by atoms with Gasteiger partial charge in [-0.25, -0.2) is 19.9 Å². The molecule has 0 radical (unpaired) electrons. The third-order valence-electron chi connectivity index (χ3n) is 3.24. The zero-order chi connectivity index (χ0) is 15.9. The monoisotopic (exact) mass is 310 g/mol. The van der Waals surface area contributed by atoms with Crippen LogP contribution in [0.15, 0.2) is 49.4 Å². The van der Waals surface area contributed by atoms with Crippen molar-refractivity contribution < 1.29 is 0 Å². The van der Waals surface area contributed by atoms with Crippen LogP contribution in [-0.4, -0.2) is 31.0 Å². The van der Waals surface area contributed by atoms with Crippen molar-refractivity contribution in [3.8, 4) is 0 Å². The molecule has 3 aromatic rings. The minimum Gasteiger partial charge on any atom is -0.393 e. The fourth-order valence-electron chi connectivity index (χ4n) is 2.08. The Balaban J connectivity index is 1.58. The fraction of sp³-hybridized carbons (Fsp3) is 0.200. The van der Waals surface area contributed by atoms with Gasteiger partial charge >= 0.3 is 0 Å². The molecule has 0 amide bonds. The number of nitrogens with one attached hydrogen (secondary N) is 2. The summed E-state index contributed by atoms with van der Waals surface area (Å²) in [6, 6.07) is 5.59. The van der Waals surface area contributed by atoms with Crippen LogP contribution in [0, 0.1) is 0 Å². The second-order valence-electron chi connectivity index (χ2n) is 4.91. The van der Waals surface area contributed by atoms with Crippen LogP contribution in [-0.2, 0) is 6.54 Å². The number of imidazole rings is 1. The Labute approximate surface area is 133 Å². The van der Waals surface area contributed by atoms with Crippen LogP contribution in [0.25, 0.3) is 0 Å². The number of aromatic nitrogens is 5. The maximum Gasteiger partial charge on any atom is 0.160 e. The van der Waals surface area contributed by atoms with Crippen LogP contribution in [0.3, 0.4) is 0 Å². The molecule has 0 saturated heterocycles. The third kappa shape index (κ3) is 3.94. The van der Waals surface area contributed by atoms with Crippen molar-refractivity contribution in [1.29, 1.82) is 0 Å². The Bertz CT molecular complexity index is 726. The van der Waals surface area contributed by atoms with E-state index in [4.69, 9.17) is 5.73 Å². The molecule has 0 bridgehead atoms. The van der Waals surface area contributed by atoms with E-state index in [1.54, 1.807) is 18.7 Å². The largest absolute Gasteiger partial charge is 0.393 e. The van der Waals surface area contributed by atoms with Gasteiger partial charge in [-0.05, 0) is 18.6 Å². The minimum atomic E-state index is 0.473. The Morgan fingerprint density at radius 3 is 2.78 bits per heavy atom. The highest BCUT2D eigenvalue weighted by atomic mass is 15.1. The summed E-state index contributed by atoms with van der Waals surface area (Å²) in [5.41, 5.74) is 6.59. The molecule has 118 valence electrons. The average molecular weight is 310 g/mol. The summed E-state index contributed by atoms with van der Waals surface area (Å²) >= 11 is 0. The quantitative estimate of drug-likeness (QED) is 0.572. The lowest BCUT2D eigenvalue weighted by Crippen LogP contribution is -2.11. The van der Waals surface area contributed by atoms with Crippen LogP contribution in [0.4, 0.5) is 23.1 Å². The highest BCUT2D eigenvalue weighted by molar-refractivity contribution is 5.76. The van der Waals surface area contributed by atoms with E-state index in [1.165, 1.54) is 6.33 Å². The van der Waals surface area contributed by atoms with E-state index in [1.807, 2.05) is 29.0 Å². The van der Waals surface area contributed by atoms with Crippen LogP contribution in [0.2, 0.25) is 0 Å². The Morgan fingerprint density at radius 2 is 2.00 bits per heavy atom. The molecule has 4 N–H and O–H groups in total. The molecular formula is C15H18N8. The number of nitrogen functional groups attached to an aromatic ring is 1. The van der Waals surface area contributed by atoms with Crippen molar-refractivity contribution in [2.75, 3.05) is 22.9 Å². The second-order valence-corrected chi connectivity index (χ2v) is 4.91. The number of anilines is 4. The number of nitrogens with zero attached hydrogens (tertiary/aromatic N) is 5. The molecule has 0 aliphatic heterocycles. The van der Waals surface area contributed by atoms with E-state index in [0.29, 0.717) is 23.1 Å². The van der Waals surface area contributed by atoms with Crippen LogP contribution in [0.5, 0.6) is 0 Å². The molecular weight excluding hydrogens is 292 g/mol. The first-order valence-electron chi connectivity index (χ1n) is 7.31. The predicted molar refractivity (Wildman–Crippen MR) is 89.3 cm³/mol. The van der Waals surface area contributed by atoms with Crippen LogP contribution in [0.1, 0.15) is 6.42 Å². The van der Waals surface area contributed by atoms with E-state index in [0.717, 1.165) is 19.5 Å². The van der Waals surface area contributed by atoms with Gasteiger partial charge in [0.05, 0.1) is 6.33 Å². The summed E-state index contributed by atoms with van der Waals surface area (Å²) in [5.74, 6) is 1.84. The summed E-state index contributed by atoms with van der Waals surface area (Å²) in [6.07, 6.45) is 9.62. The number of pyridine rings is 1. The van der Waals surface area contributed by atoms with E-state index in [2.05, 4.69) is 30.6 Å². The lowest BCUT2D eigenvalue weighted by molar-refractivity contribution is 0.660. The van der Waals surface area contributed by atoms with Crippen molar-refractivity contribution in [2.45, 2.75) is 13.0 Å². The van der Waals surface area contributed by atoms with E-state index >= 15 is 0 Å². The first-order chi connectivity index (χ1) is 11.3. The maximum absolute atomic E-state index is 6.11. The highest BCUT2D eigenvalue weighted by Gasteiger charge is 2.08. The van der Waals surface area contributed by atoms with Gasteiger partial charge in [-0.1, -0.05) is 6.07 Å². The van der Waals surface area contributed by atoms with Gasteiger partial charge in [0, 0.05) is 31.7 Å². The normalized spacial score (nSPS) is 10.4. The molecule has 8 nitrogen and oxygen atoms in total. The molecule has 3 rings (SSSR count). The van der Waals surface area contributed by atoms with Gasteiger partial charge in [-0.3, -0.25) is 0 Å². The van der Waals surface area contributed by atoms with Gasteiger partial charge in [0.25, 0.3) is 0 Å². The van der Waals surface area contributed by atoms with Crippen molar-refractivity contribution in [2.24, 2.45) is 0 Å². The lowest BCUT2D eigenvalue weighted by atomic mass is 10.3. The zero-order valence-electron chi connectivity index (χ0n) is 12.6. The van der Waals surface area contributed by atoms with Crippen molar-refractivity contribution in [3.05, 3.63) is 49.4 Å². The van der Waals surface area contributed by atoms with Gasteiger partial charge in [-0.15, -0.1) is 0 Å². The SMILES string of the molecule is Nc1c(NCCCn2ccnc2)ncnc1Nc1ccccn1. The zero-order valence-corrected chi connectivity index (χ0v) is 12.6. The van der Waals surface area contributed by atoms with Crippen LogP contribution >= 0.6 is 0 Å². The van der Waals surface area contributed by atoms with Crippen molar-refractivity contribution >= 4 is 23.1 Å². The van der Waals surface area contributed by atoms with Crippen LogP contribution < -0.4 is 16.4 Å². The smallest absolute Gasteiger partial charge is 0.160 e. The molecule has 0 saturated carbocycles. The molecule has 0 aliphatic rings. The van der Waals surface area contributed by atoms with Gasteiger partial charge < -0.3 is 20.9 Å². The molecule has 0 spiro atoms. The fourth-order valence-corrected chi connectivity index (χ4v) is 2.08. The number of hydrogen-bond donors (Lipinski definition) is 3. The number of hydrogen-bond acceptors (Lipinski definition) is 7. The number of aryl methyl sites for hydroxylation is 1. The molecule has 0 fully saturated rings. The molecule has 3 aromatic heterocycles. The Kier molecular flexibility index (Phi) is 4.63. The molecule has 0 aliphatic carbocycles. The summed E-state index contributed by atoms with van der Waals surface area (Å²) in [5, 5.41) is 6.32. The van der Waals surface area contributed by atoms with E-state index in [9.17, 15) is 0 Å². The maximum atomic E-state index is 6.11. The molecule has 0 unspecified atom stereocenters. The summed E-state index contributed by atoms with van der Waals surface area (Å²) in [6.45, 7) is 1.64. The summed E-state index contributed by atoms with van der Waals surface area (Å²) in [7, 11) is 0. The van der Waals surface area contributed by atoms with Gasteiger partial charge in [0.15, 0.2) is 11.6 Å². The number of rotatable bonds is 7. The van der Waals surface area contributed by atoms with Crippen molar-refractivity contribution in [1.82, 2.24) is 24.5 Å². The van der Waals surface area contributed by atoms with Gasteiger partial charge in [0.2, 0.25) is 0 Å². The molecule has 0 atom stereocenters. The molecule has 8 heteroatoms. The highest BCUT2D eigenvalue weighted by Crippen LogP contribution is 2.24. The topological polar surface area (TPSA) is 107 Å². The summed E-state index contributed by atoms with van der Waals surface area (Å²) < 4.78 is 2.03. The van der Waals surface area contributed by atoms with E-state index < -0.39 is 0 Å². The third-order valence-corrected chi connectivity index (χ3v) is 3.24. The van der Waals surface area contributed by atoms with Gasteiger partial charge in [-0.2, -0.15) is 0 Å². The van der Waals surface area contributed by atoms with E-state index in [-0.39, 0.29) is 0 Å². The predicted octanol–water partition coefficient (Wildman–Crippen LogP) is 1.90. The minimum absolute atomic E-state index is 0.473. The first kappa shape index (κ1) is 14.8. The standard InChI is InChI=1S/C15H18N8/c16-13-14(19-6-3-8-23-9-7-17-11-23)20-10-21-15(13)22-12-4-1-2-5-18-12/h1-2,4-5,7,9-11H,3,6,8,16H2,(H2,18,19,20,21,22). The summed E-state index contributed by atoms with van der Waals surface area (Å²) in [4.78, 5) is 16.6. The Morgan fingerprint density at radius 1 is 1.09 bits per heavy atom. The second kappa shape index (κ2) is 7.21. The number of nitrogens with two attached hydrogens (primary N) is 1.